The van der Waals surface area contributed by atoms with Gasteiger partial charge in [0, 0.05) is 5.69 Å². The molecule has 0 saturated carbocycles. The summed E-state index contributed by atoms with van der Waals surface area (Å²) in [5.41, 5.74) is 4.17. The first kappa shape index (κ1) is 5.96. The van der Waals surface area contributed by atoms with E-state index in [1.165, 1.54) is 36.2 Å². The van der Waals surface area contributed by atoms with Gasteiger partial charge < -0.3 is 0 Å². The van der Waals surface area contributed by atoms with Gasteiger partial charge in [-0.3, -0.25) is 5.10 Å². The summed E-state index contributed by atoms with van der Waals surface area (Å²) >= 11 is 0. The maximum Gasteiger partial charge on any atom is 0.0654 e. The van der Waals surface area contributed by atoms with Crippen molar-refractivity contribution in [1.82, 2.24) is 10.2 Å². The van der Waals surface area contributed by atoms with Crippen molar-refractivity contribution < 1.29 is 0 Å². The Labute approximate surface area is 60.6 Å². The first-order valence-corrected chi connectivity index (χ1v) is 3.96. The van der Waals surface area contributed by atoms with Crippen molar-refractivity contribution in [3.63, 3.8) is 0 Å². The third-order valence-corrected chi connectivity index (χ3v) is 2.23. The second kappa shape index (κ2) is 2.11. The van der Waals surface area contributed by atoms with Crippen molar-refractivity contribution in [2.45, 2.75) is 32.6 Å². The van der Waals surface area contributed by atoms with Crippen LogP contribution in [0.3, 0.4) is 0 Å². The molecule has 10 heavy (non-hydrogen) atoms. The molecule has 0 aromatic carbocycles. The van der Waals surface area contributed by atoms with Crippen LogP contribution >= 0.6 is 0 Å². The topological polar surface area (TPSA) is 28.7 Å². The van der Waals surface area contributed by atoms with Crippen molar-refractivity contribution >= 4 is 0 Å². The average molecular weight is 136 g/mol. The second-order valence-electron chi connectivity index (χ2n) is 2.83. The van der Waals surface area contributed by atoms with Crippen LogP contribution in [0.4, 0.5) is 0 Å². The van der Waals surface area contributed by atoms with E-state index in [-0.39, 0.29) is 0 Å². The number of hydrogen-bond donors (Lipinski definition) is 1. The number of H-pyrrole nitrogens is 1. The van der Waals surface area contributed by atoms with Gasteiger partial charge in [0.1, 0.15) is 0 Å². The fourth-order valence-corrected chi connectivity index (χ4v) is 1.68. The zero-order valence-corrected chi connectivity index (χ0v) is 6.28. The van der Waals surface area contributed by atoms with E-state index in [1.807, 2.05) is 0 Å². The lowest BCUT2D eigenvalue weighted by molar-refractivity contribution is 0.839. The molecule has 2 nitrogen and oxygen atoms in total. The Balaban J connectivity index is 2.44. The predicted molar refractivity (Wildman–Crippen MR) is 40.0 cm³/mol. The molecular formula is C8H12N2. The highest BCUT2D eigenvalue weighted by atomic mass is 15.1. The number of aromatic amines is 1. The Bertz CT molecular complexity index is 237. The number of nitrogens with one attached hydrogen (secondary N) is 1. The van der Waals surface area contributed by atoms with Crippen LogP contribution in [0.5, 0.6) is 0 Å². The fraction of sp³-hybridized carbons (Fsp3) is 0.625. The molecule has 0 radical (unpaired) electrons. The first-order valence-electron chi connectivity index (χ1n) is 3.96. The molecule has 54 valence electrons. The van der Waals surface area contributed by atoms with Gasteiger partial charge in [-0.05, 0) is 31.2 Å². The van der Waals surface area contributed by atoms with Crippen molar-refractivity contribution in [3.8, 4) is 0 Å². The molecule has 0 fully saturated rings. The normalized spacial score (nSPS) is 15.7. The van der Waals surface area contributed by atoms with Crippen LogP contribution in [0, 0.1) is 0 Å². The zero-order chi connectivity index (χ0) is 6.97. The maximum atomic E-state index is 4.23. The Kier molecular flexibility index (Phi) is 1.26. The lowest BCUT2D eigenvalue weighted by Gasteiger charge is -1.90. The van der Waals surface area contributed by atoms with Gasteiger partial charge in [-0.15, -0.1) is 0 Å². The lowest BCUT2D eigenvalue weighted by Crippen LogP contribution is -1.85. The molecule has 1 aromatic heterocycles. The van der Waals surface area contributed by atoms with Crippen LogP contribution in [0.1, 0.15) is 30.3 Å². The van der Waals surface area contributed by atoms with E-state index in [9.17, 15) is 0 Å². The van der Waals surface area contributed by atoms with Gasteiger partial charge in [0.05, 0.1) is 5.69 Å². The van der Waals surface area contributed by atoms with E-state index >= 15 is 0 Å². The van der Waals surface area contributed by atoms with Crippen molar-refractivity contribution in [3.05, 3.63) is 17.0 Å². The number of fused-ring (bicyclic) bond motifs is 1. The van der Waals surface area contributed by atoms with E-state index < -0.39 is 0 Å². The minimum Gasteiger partial charge on any atom is -0.282 e. The minimum absolute atomic E-state index is 1.08. The summed E-state index contributed by atoms with van der Waals surface area (Å²) in [6.07, 6.45) is 4.85. The fourth-order valence-electron chi connectivity index (χ4n) is 1.68. The summed E-state index contributed by atoms with van der Waals surface area (Å²) in [6.45, 7) is 2.16. The molecule has 2 rings (SSSR count). The summed E-state index contributed by atoms with van der Waals surface area (Å²) in [5, 5.41) is 7.32. The molecule has 0 atom stereocenters. The smallest absolute Gasteiger partial charge is 0.0654 e. The summed E-state index contributed by atoms with van der Waals surface area (Å²) in [4.78, 5) is 0. The zero-order valence-electron chi connectivity index (χ0n) is 6.28. The molecule has 1 aliphatic rings. The van der Waals surface area contributed by atoms with E-state index in [4.69, 9.17) is 0 Å². The van der Waals surface area contributed by atoms with Crippen LogP contribution in [-0.4, -0.2) is 10.2 Å². The molecule has 0 spiro atoms. The third-order valence-electron chi connectivity index (χ3n) is 2.23. The van der Waals surface area contributed by atoms with E-state index in [2.05, 4.69) is 17.1 Å². The van der Waals surface area contributed by atoms with E-state index in [0.29, 0.717) is 0 Å². The first-order chi connectivity index (χ1) is 4.92. The van der Waals surface area contributed by atoms with Gasteiger partial charge in [-0.2, -0.15) is 5.10 Å². The highest BCUT2D eigenvalue weighted by Gasteiger charge is 2.16. The molecule has 2 heteroatoms. The van der Waals surface area contributed by atoms with E-state index in [1.54, 1.807) is 0 Å². The molecule has 0 amide bonds. The second-order valence-corrected chi connectivity index (χ2v) is 2.83. The maximum absolute atomic E-state index is 4.23. The predicted octanol–water partition coefficient (Wildman–Crippen LogP) is 1.46. The van der Waals surface area contributed by atoms with Gasteiger partial charge in [-0.1, -0.05) is 6.92 Å². The summed E-state index contributed by atoms with van der Waals surface area (Å²) < 4.78 is 0. The molecule has 0 bridgehead atoms. The number of aryl methyl sites for hydroxylation is 2. The molecule has 0 unspecified atom stereocenters. The molecule has 0 aliphatic heterocycles. The average Bonchev–Trinajstić information content (AvgIpc) is 2.44. The van der Waals surface area contributed by atoms with Crippen LogP contribution < -0.4 is 0 Å². The van der Waals surface area contributed by atoms with Gasteiger partial charge >= 0.3 is 0 Å². The number of aromatic nitrogens is 2. The van der Waals surface area contributed by atoms with Crippen molar-refractivity contribution in [2.75, 3.05) is 0 Å². The Morgan fingerprint density at radius 3 is 3.20 bits per heavy atom. The van der Waals surface area contributed by atoms with Crippen LogP contribution in [0.15, 0.2) is 0 Å². The number of rotatable bonds is 1. The van der Waals surface area contributed by atoms with Gasteiger partial charge in [-0.25, -0.2) is 0 Å². The molecule has 1 heterocycles. The highest BCUT2D eigenvalue weighted by molar-refractivity contribution is 5.29. The van der Waals surface area contributed by atoms with Gasteiger partial charge in [0.15, 0.2) is 0 Å². The highest BCUT2D eigenvalue weighted by Crippen LogP contribution is 2.22. The quantitative estimate of drug-likeness (QED) is 0.622. The number of nitrogens with zero attached hydrogens (tertiary/aromatic N) is 1. The number of hydrogen-bond acceptors (Lipinski definition) is 1. The van der Waals surface area contributed by atoms with Crippen molar-refractivity contribution in [2.24, 2.45) is 0 Å². The largest absolute Gasteiger partial charge is 0.282 e. The molecule has 1 aliphatic carbocycles. The standard InChI is InChI=1S/C8H12N2/c1-2-7-6-4-3-5-8(6)10-9-7/h2-5H2,1H3,(H,9,10). The Morgan fingerprint density at radius 2 is 2.40 bits per heavy atom. The Morgan fingerprint density at radius 1 is 1.50 bits per heavy atom. The van der Waals surface area contributed by atoms with E-state index in [0.717, 1.165) is 6.42 Å². The van der Waals surface area contributed by atoms with Crippen LogP contribution in [-0.2, 0) is 19.3 Å². The van der Waals surface area contributed by atoms with Crippen LogP contribution in [0.2, 0.25) is 0 Å². The molecule has 1 aromatic rings. The summed E-state index contributed by atoms with van der Waals surface area (Å²) in [7, 11) is 0. The van der Waals surface area contributed by atoms with Gasteiger partial charge in [0.2, 0.25) is 0 Å². The lowest BCUT2D eigenvalue weighted by atomic mass is 10.2. The molecule has 1 N–H and O–H groups in total. The summed E-state index contributed by atoms with van der Waals surface area (Å²) in [5.74, 6) is 0. The molecule has 0 saturated heterocycles. The molecular weight excluding hydrogens is 124 g/mol. The third kappa shape index (κ3) is 0.681. The Hall–Kier alpha value is -0.790. The van der Waals surface area contributed by atoms with Crippen LogP contribution in [0.25, 0.3) is 0 Å². The van der Waals surface area contributed by atoms with Crippen molar-refractivity contribution in [1.29, 1.82) is 0 Å². The minimum atomic E-state index is 1.08. The monoisotopic (exact) mass is 136 g/mol. The SMILES string of the molecule is CCc1n[nH]c2c1CCC2. The van der Waals surface area contributed by atoms with Gasteiger partial charge in [0.25, 0.3) is 0 Å². The summed E-state index contributed by atoms with van der Waals surface area (Å²) in [6, 6.07) is 0.